The van der Waals surface area contributed by atoms with Gasteiger partial charge in [-0.05, 0) is 36.2 Å². The molecule has 0 unspecified atom stereocenters. The summed E-state index contributed by atoms with van der Waals surface area (Å²) in [5.74, 6) is 1.12. The lowest BCUT2D eigenvalue weighted by atomic mass is 10.2. The Kier molecular flexibility index (Phi) is 4.68. The Labute approximate surface area is 139 Å². The molecule has 2 aromatic carbocycles. The molecule has 2 N–H and O–H groups in total. The predicted octanol–water partition coefficient (Wildman–Crippen LogP) is 4.19. The molecular formula is C17H16ClN5. The molecule has 3 aromatic rings. The molecule has 3 rings (SSSR count). The molecule has 6 heteroatoms. The van der Waals surface area contributed by atoms with Gasteiger partial charge in [0.05, 0.1) is 6.20 Å². The zero-order valence-corrected chi connectivity index (χ0v) is 13.4. The van der Waals surface area contributed by atoms with Gasteiger partial charge in [0.1, 0.15) is 0 Å². The molecule has 1 aromatic heterocycles. The van der Waals surface area contributed by atoms with Crippen LogP contribution in [0.1, 0.15) is 11.1 Å². The van der Waals surface area contributed by atoms with Crippen LogP contribution in [0.25, 0.3) is 0 Å². The molecule has 0 amide bonds. The van der Waals surface area contributed by atoms with E-state index in [1.54, 1.807) is 6.20 Å². The molecule has 5 nitrogen and oxygen atoms in total. The van der Waals surface area contributed by atoms with Crippen LogP contribution in [0.2, 0.25) is 5.02 Å². The number of hydrogen-bond donors (Lipinski definition) is 2. The van der Waals surface area contributed by atoms with Gasteiger partial charge in [0.2, 0.25) is 5.95 Å². The SMILES string of the molecule is Cc1ccccc1Nc1nncc(NCc2ccc(Cl)cc2)n1. The van der Waals surface area contributed by atoms with Crippen LogP contribution in [0, 0.1) is 6.92 Å². The summed E-state index contributed by atoms with van der Waals surface area (Å²) in [6, 6.07) is 15.6. The van der Waals surface area contributed by atoms with Gasteiger partial charge < -0.3 is 10.6 Å². The molecule has 0 saturated heterocycles. The van der Waals surface area contributed by atoms with E-state index in [2.05, 4.69) is 25.8 Å². The number of para-hydroxylation sites is 1. The van der Waals surface area contributed by atoms with Crippen LogP contribution in [-0.2, 0) is 6.54 Å². The highest BCUT2D eigenvalue weighted by Crippen LogP contribution is 2.18. The standard InChI is InChI=1S/C17H16ClN5/c1-12-4-2-3-5-15(12)21-17-22-16(11-20-23-17)19-10-13-6-8-14(18)9-7-13/h2-9,11H,10H2,1H3,(H2,19,21,22,23). The molecule has 0 aliphatic heterocycles. The minimum atomic E-state index is 0.459. The molecule has 0 saturated carbocycles. The predicted molar refractivity (Wildman–Crippen MR) is 93.1 cm³/mol. The minimum Gasteiger partial charge on any atom is -0.365 e. The average molecular weight is 326 g/mol. The normalized spacial score (nSPS) is 10.3. The number of hydrogen-bond acceptors (Lipinski definition) is 5. The number of aromatic nitrogens is 3. The lowest BCUT2D eigenvalue weighted by Crippen LogP contribution is -2.06. The lowest BCUT2D eigenvalue weighted by Gasteiger charge is -2.09. The van der Waals surface area contributed by atoms with Crippen LogP contribution < -0.4 is 10.6 Å². The number of benzene rings is 2. The zero-order valence-electron chi connectivity index (χ0n) is 12.6. The summed E-state index contributed by atoms with van der Waals surface area (Å²) in [5, 5.41) is 15.1. The summed E-state index contributed by atoms with van der Waals surface area (Å²) >= 11 is 5.88. The third kappa shape index (κ3) is 4.17. The maximum Gasteiger partial charge on any atom is 0.249 e. The molecule has 116 valence electrons. The third-order valence-corrected chi connectivity index (χ3v) is 3.59. The van der Waals surface area contributed by atoms with E-state index in [0.717, 1.165) is 21.8 Å². The molecule has 0 atom stereocenters. The largest absolute Gasteiger partial charge is 0.365 e. The van der Waals surface area contributed by atoms with Gasteiger partial charge in [-0.25, -0.2) is 0 Å². The van der Waals surface area contributed by atoms with Crippen molar-refractivity contribution in [2.75, 3.05) is 10.6 Å². The molecule has 23 heavy (non-hydrogen) atoms. The Morgan fingerprint density at radius 3 is 2.61 bits per heavy atom. The topological polar surface area (TPSA) is 62.7 Å². The second kappa shape index (κ2) is 7.07. The van der Waals surface area contributed by atoms with Crippen LogP contribution in [0.4, 0.5) is 17.5 Å². The Morgan fingerprint density at radius 2 is 1.83 bits per heavy atom. The maximum atomic E-state index is 5.88. The van der Waals surface area contributed by atoms with E-state index in [9.17, 15) is 0 Å². The van der Waals surface area contributed by atoms with Crippen molar-refractivity contribution >= 4 is 29.1 Å². The van der Waals surface area contributed by atoms with Gasteiger partial charge in [0, 0.05) is 17.3 Å². The van der Waals surface area contributed by atoms with Crippen molar-refractivity contribution in [2.24, 2.45) is 0 Å². The van der Waals surface area contributed by atoms with E-state index >= 15 is 0 Å². The van der Waals surface area contributed by atoms with Crippen LogP contribution in [0.5, 0.6) is 0 Å². The minimum absolute atomic E-state index is 0.459. The maximum absolute atomic E-state index is 5.88. The van der Waals surface area contributed by atoms with Crippen molar-refractivity contribution in [3.8, 4) is 0 Å². The fourth-order valence-electron chi connectivity index (χ4n) is 2.07. The molecule has 0 fully saturated rings. The molecule has 0 spiro atoms. The van der Waals surface area contributed by atoms with Gasteiger partial charge in [0.15, 0.2) is 5.82 Å². The summed E-state index contributed by atoms with van der Waals surface area (Å²) < 4.78 is 0. The third-order valence-electron chi connectivity index (χ3n) is 3.34. The Bertz CT molecular complexity index is 789. The van der Waals surface area contributed by atoms with Crippen molar-refractivity contribution in [2.45, 2.75) is 13.5 Å². The fraction of sp³-hybridized carbons (Fsp3) is 0.118. The Balaban J connectivity index is 1.67. The highest BCUT2D eigenvalue weighted by molar-refractivity contribution is 6.30. The van der Waals surface area contributed by atoms with E-state index in [1.807, 2.05) is 55.5 Å². The summed E-state index contributed by atoms with van der Waals surface area (Å²) in [7, 11) is 0. The van der Waals surface area contributed by atoms with Crippen molar-refractivity contribution in [1.82, 2.24) is 15.2 Å². The van der Waals surface area contributed by atoms with Crippen LogP contribution in [0.3, 0.4) is 0 Å². The molecular weight excluding hydrogens is 310 g/mol. The van der Waals surface area contributed by atoms with Gasteiger partial charge in [-0.2, -0.15) is 10.1 Å². The van der Waals surface area contributed by atoms with Gasteiger partial charge in [-0.15, -0.1) is 5.10 Å². The van der Waals surface area contributed by atoms with Gasteiger partial charge in [-0.1, -0.05) is 41.9 Å². The summed E-state index contributed by atoms with van der Waals surface area (Å²) in [6.45, 7) is 2.66. The first-order chi connectivity index (χ1) is 11.2. The van der Waals surface area contributed by atoms with E-state index in [-0.39, 0.29) is 0 Å². The second-order valence-electron chi connectivity index (χ2n) is 5.09. The quantitative estimate of drug-likeness (QED) is 0.736. The first-order valence-corrected chi connectivity index (χ1v) is 7.59. The van der Waals surface area contributed by atoms with Crippen LogP contribution >= 0.6 is 11.6 Å². The van der Waals surface area contributed by atoms with E-state index in [1.165, 1.54) is 0 Å². The highest BCUT2D eigenvalue weighted by atomic mass is 35.5. The first-order valence-electron chi connectivity index (χ1n) is 7.21. The smallest absolute Gasteiger partial charge is 0.249 e. The first kappa shape index (κ1) is 15.2. The number of nitrogens with one attached hydrogen (secondary N) is 2. The number of rotatable bonds is 5. The average Bonchev–Trinajstić information content (AvgIpc) is 2.57. The zero-order chi connectivity index (χ0) is 16.1. The van der Waals surface area contributed by atoms with Crippen molar-refractivity contribution in [1.29, 1.82) is 0 Å². The lowest BCUT2D eigenvalue weighted by molar-refractivity contribution is 0.965. The van der Waals surface area contributed by atoms with E-state index in [4.69, 9.17) is 11.6 Å². The summed E-state index contributed by atoms with van der Waals surface area (Å²) in [6.07, 6.45) is 1.60. The molecule has 1 heterocycles. The number of halogens is 1. The van der Waals surface area contributed by atoms with E-state index < -0.39 is 0 Å². The summed E-state index contributed by atoms with van der Waals surface area (Å²) in [4.78, 5) is 4.42. The molecule has 0 aliphatic carbocycles. The van der Waals surface area contributed by atoms with Crippen LogP contribution in [0.15, 0.2) is 54.7 Å². The Hall–Kier alpha value is -2.66. The number of anilines is 3. The molecule has 0 aliphatic rings. The number of aryl methyl sites for hydroxylation is 1. The van der Waals surface area contributed by atoms with Gasteiger partial charge in [-0.3, -0.25) is 0 Å². The molecule has 0 bridgehead atoms. The van der Waals surface area contributed by atoms with E-state index in [0.29, 0.717) is 18.3 Å². The van der Waals surface area contributed by atoms with Crippen molar-refractivity contribution < 1.29 is 0 Å². The van der Waals surface area contributed by atoms with Gasteiger partial charge in [0.25, 0.3) is 0 Å². The number of nitrogens with zero attached hydrogens (tertiary/aromatic N) is 3. The monoisotopic (exact) mass is 325 g/mol. The van der Waals surface area contributed by atoms with Crippen molar-refractivity contribution in [3.05, 3.63) is 70.9 Å². The van der Waals surface area contributed by atoms with Crippen molar-refractivity contribution in [3.63, 3.8) is 0 Å². The van der Waals surface area contributed by atoms with Gasteiger partial charge >= 0.3 is 0 Å². The summed E-state index contributed by atoms with van der Waals surface area (Å²) in [5.41, 5.74) is 3.20. The second-order valence-corrected chi connectivity index (χ2v) is 5.52. The Morgan fingerprint density at radius 1 is 1.04 bits per heavy atom. The van der Waals surface area contributed by atoms with Crippen LogP contribution in [-0.4, -0.2) is 15.2 Å². The fourth-order valence-corrected chi connectivity index (χ4v) is 2.20. The molecule has 0 radical (unpaired) electrons. The highest BCUT2D eigenvalue weighted by Gasteiger charge is 2.03.